The number of rotatable bonds is 3. The molecule has 1 aliphatic carbocycles. The van der Waals surface area contributed by atoms with Gasteiger partial charge in [0.2, 0.25) is 0 Å². The summed E-state index contributed by atoms with van der Waals surface area (Å²) >= 11 is 0. The van der Waals surface area contributed by atoms with E-state index in [2.05, 4.69) is 0 Å². The number of carboxylic acid groups (broad SMARTS) is 1. The van der Waals surface area contributed by atoms with E-state index in [-0.39, 0.29) is 5.75 Å². The van der Waals surface area contributed by atoms with Gasteiger partial charge in [-0.15, -0.1) is 0 Å². The van der Waals surface area contributed by atoms with Crippen LogP contribution in [-0.2, 0) is 10.2 Å². The fourth-order valence-electron chi connectivity index (χ4n) is 2.14. The van der Waals surface area contributed by atoms with Crippen LogP contribution in [0.4, 0.5) is 0 Å². The molecule has 4 heteroatoms. The summed E-state index contributed by atoms with van der Waals surface area (Å²) in [6.07, 6.45) is 1.15. The molecule has 0 spiro atoms. The molecule has 0 bridgehead atoms. The maximum atomic E-state index is 11.2. The van der Waals surface area contributed by atoms with Crippen LogP contribution in [-0.4, -0.2) is 23.3 Å². The predicted molar refractivity (Wildman–Crippen MR) is 57.9 cm³/mol. The Morgan fingerprint density at radius 2 is 2.06 bits per heavy atom. The van der Waals surface area contributed by atoms with Crippen LogP contribution in [0.2, 0.25) is 0 Å². The quantitative estimate of drug-likeness (QED) is 0.818. The minimum atomic E-state index is -0.900. The molecule has 0 heterocycles. The van der Waals surface area contributed by atoms with E-state index in [1.54, 1.807) is 19.1 Å². The number of benzene rings is 1. The first-order valence-electron chi connectivity index (χ1n) is 5.13. The molecule has 16 heavy (non-hydrogen) atoms. The van der Waals surface area contributed by atoms with E-state index in [0.29, 0.717) is 24.2 Å². The lowest BCUT2D eigenvalue weighted by Gasteiger charge is -2.17. The molecule has 0 atom stereocenters. The van der Waals surface area contributed by atoms with Crippen LogP contribution >= 0.6 is 0 Å². The first-order valence-corrected chi connectivity index (χ1v) is 5.13. The zero-order chi connectivity index (χ0) is 11.9. The normalized spacial score (nSPS) is 16.9. The van der Waals surface area contributed by atoms with Crippen molar-refractivity contribution in [2.75, 3.05) is 7.11 Å². The van der Waals surface area contributed by atoms with Crippen LogP contribution in [0.5, 0.6) is 11.5 Å². The highest BCUT2D eigenvalue weighted by Gasteiger charge is 2.54. The Bertz CT molecular complexity index is 447. The second-order valence-corrected chi connectivity index (χ2v) is 4.20. The van der Waals surface area contributed by atoms with Crippen molar-refractivity contribution in [3.63, 3.8) is 0 Å². The van der Waals surface area contributed by atoms with Gasteiger partial charge in [0, 0.05) is 5.56 Å². The van der Waals surface area contributed by atoms with E-state index in [1.807, 2.05) is 0 Å². The number of phenolic OH excluding ortho intramolecular Hbond substituents is 1. The van der Waals surface area contributed by atoms with Gasteiger partial charge in [-0.25, -0.2) is 0 Å². The van der Waals surface area contributed by atoms with Crippen molar-refractivity contribution in [2.24, 2.45) is 0 Å². The standard InChI is InChI=1S/C12H14O4/c1-7-3-4-8(16-2)10(13)9(7)12(5-6-12)11(14)15/h3-4,13H,5-6H2,1-2H3,(H,14,15). The summed E-state index contributed by atoms with van der Waals surface area (Å²) in [6, 6.07) is 3.42. The Balaban J connectivity index is 2.60. The summed E-state index contributed by atoms with van der Waals surface area (Å²) in [4.78, 5) is 11.2. The maximum Gasteiger partial charge on any atom is 0.314 e. The Morgan fingerprint density at radius 1 is 1.44 bits per heavy atom. The minimum Gasteiger partial charge on any atom is -0.504 e. The Morgan fingerprint density at radius 3 is 2.50 bits per heavy atom. The zero-order valence-corrected chi connectivity index (χ0v) is 9.28. The molecule has 0 amide bonds. The molecule has 1 fully saturated rings. The first-order chi connectivity index (χ1) is 7.53. The zero-order valence-electron chi connectivity index (χ0n) is 9.28. The lowest BCUT2D eigenvalue weighted by atomic mass is 9.90. The molecule has 1 saturated carbocycles. The Labute approximate surface area is 93.5 Å². The number of aryl methyl sites for hydroxylation is 1. The summed E-state index contributed by atoms with van der Waals surface area (Å²) < 4.78 is 5.00. The topological polar surface area (TPSA) is 66.8 Å². The average Bonchev–Trinajstić information content (AvgIpc) is 2.99. The SMILES string of the molecule is COc1ccc(C)c(C2(C(=O)O)CC2)c1O. The minimum absolute atomic E-state index is 0.0394. The third-order valence-electron chi connectivity index (χ3n) is 3.21. The van der Waals surface area contributed by atoms with Crippen molar-refractivity contribution in [1.29, 1.82) is 0 Å². The van der Waals surface area contributed by atoms with E-state index < -0.39 is 11.4 Å². The molecule has 0 aliphatic heterocycles. The molecule has 2 rings (SSSR count). The number of aliphatic carboxylic acids is 1. The van der Waals surface area contributed by atoms with Crippen molar-refractivity contribution in [1.82, 2.24) is 0 Å². The summed E-state index contributed by atoms with van der Waals surface area (Å²) in [6.45, 7) is 1.80. The molecule has 1 aromatic rings. The smallest absolute Gasteiger partial charge is 0.314 e. The molecular formula is C12H14O4. The number of hydrogen-bond acceptors (Lipinski definition) is 3. The second-order valence-electron chi connectivity index (χ2n) is 4.20. The molecule has 4 nitrogen and oxygen atoms in total. The number of carbonyl (C=O) groups is 1. The lowest BCUT2D eigenvalue weighted by Crippen LogP contribution is -2.21. The van der Waals surface area contributed by atoms with E-state index in [1.165, 1.54) is 7.11 Å². The predicted octanol–water partition coefficient (Wildman–Crippen LogP) is 1.83. The van der Waals surface area contributed by atoms with Gasteiger partial charge in [0.05, 0.1) is 12.5 Å². The Kier molecular flexibility index (Phi) is 2.30. The number of carboxylic acids is 1. The van der Waals surface area contributed by atoms with Gasteiger partial charge in [0.15, 0.2) is 11.5 Å². The molecule has 0 aromatic heterocycles. The van der Waals surface area contributed by atoms with Gasteiger partial charge in [0.25, 0.3) is 0 Å². The molecule has 0 unspecified atom stereocenters. The summed E-state index contributed by atoms with van der Waals surface area (Å²) in [5, 5.41) is 19.2. The van der Waals surface area contributed by atoms with Gasteiger partial charge < -0.3 is 14.9 Å². The second kappa shape index (κ2) is 3.40. The molecule has 86 valence electrons. The van der Waals surface area contributed by atoms with Gasteiger partial charge >= 0.3 is 5.97 Å². The van der Waals surface area contributed by atoms with Crippen molar-refractivity contribution in [2.45, 2.75) is 25.2 Å². The largest absolute Gasteiger partial charge is 0.504 e. The summed E-state index contributed by atoms with van der Waals surface area (Å²) in [7, 11) is 1.45. The molecule has 1 aromatic carbocycles. The van der Waals surface area contributed by atoms with E-state index in [9.17, 15) is 15.0 Å². The summed E-state index contributed by atoms with van der Waals surface area (Å²) in [5.74, 6) is -0.588. The third kappa shape index (κ3) is 1.33. The van der Waals surface area contributed by atoms with Crippen molar-refractivity contribution in [3.05, 3.63) is 23.3 Å². The van der Waals surface area contributed by atoms with E-state index in [0.717, 1.165) is 5.56 Å². The number of methoxy groups -OCH3 is 1. The number of hydrogen-bond donors (Lipinski definition) is 2. The summed E-state index contributed by atoms with van der Waals surface area (Å²) in [5.41, 5.74) is 0.389. The van der Waals surface area contributed by atoms with Gasteiger partial charge in [-0.3, -0.25) is 4.79 Å². The van der Waals surface area contributed by atoms with Crippen LogP contribution in [0.15, 0.2) is 12.1 Å². The van der Waals surface area contributed by atoms with Gasteiger partial charge in [-0.05, 0) is 31.4 Å². The van der Waals surface area contributed by atoms with Gasteiger partial charge in [-0.2, -0.15) is 0 Å². The highest BCUT2D eigenvalue weighted by Crippen LogP contribution is 2.54. The van der Waals surface area contributed by atoms with Crippen LogP contribution in [0.25, 0.3) is 0 Å². The lowest BCUT2D eigenvalue weighted by molar-refractivity contribution is -0.140. The molecule has 2 N–H and O–H groups in total. The van der Waals surface area contributed by atoms with Crippen LogP contribution in [0, 0.1) is 6.92 Å². The third-order valence-corrected chi connectivity index (χ3v) is 3.21. The van der Waals surface area contributed by atoms with Crippen LogP contribution < -0.4 is 4.74 Å². The average molecular weight is 222 g/mol. The number of phenols is 1. The highest BCUT2D eigenvalue weighted by molar-refractivity contribution is 5.87. The fraction of sp³-hybridized carbons (Fsp3) is 0.417. The van der Waals surface area contributed by atoms with Crippen LogP contribution in [0.1, 0.15) is 24.0 Å². The number of ether oxygens (including phenoxy) is 1. The van der Waals surface area contributed by atoms with Crippen molar-refractivity contribution in [3.8, 4) is 11.5 Å². The van der Waals surface area contributed by atoms with E-state index >= 15 is 0 Å². The molecular weight excluding hydrogens is 208 g/mol. The highest BCUT2D eigenvalue weighted by atomic mass is 16.5. The van der Waals surface area contributed by atoms with E-state index in [4.69, 9.17) is 4.74 Å². The van der Waals surface area contributed by atoms with Crippen LogP contribution in [0.3, 0.4) is 0 Å². The molecule has 1 aliphatic rings. The van der Waals surface area contributed by atoms with Gasteiger partial charge in [-0.1, -0.05) is 6.07 Å². The fourth-order valence-corrected chi connectivity index (χ4v) is 2.14. The van der Waals surface area contributed by atoms with Gasteiger partial charge in [0.1, 0.15) is 0 Å². The number of aromatic hydroxyl groups is 1. The molecule has 0 saturated heterocycles. The molecule has 0 radical (unpaired) electrons. The maximum absolute atomic E-state index is 11.2. The monoisotopic (exact) mass is 222 g/mol. The van der Waals surface area contributed by atoms with Crippen molar-refractivity contribution < 1.29 is 19.7 Å². The first kappa shape index (κ1) is 10.8. The van der Waals surface area contributed by atoms with Crippen molar-refractivity contribution >= 4 is 5.97 Å². The Hall–Kier alpha value is -1.71.